The Balaban J connectivity index is 1.95. The molecule has 0 spiro atoms. The molecule has 4 heteroatoms. The highest BCUT2D eigenvalue weighted by atomic mass is 32.1. The Kier molecular flexibility index (Phi) is 3.62. The summed E-state index contributed by atoms with van der Waals surface area (Å²) in [6, 6.07) is 20.9. The maximum Gasteiger partial charge on any atom is 0.269 e. The number of rotatable bonds is 3. The van der Waals surface area contributed by atoms with Crippen LogP contribution in [0.4, 0.5) is 5.69 Å². The minimum absolute atomic E-state index is 0.0952. The number of thiol groups is 1. The monoisotopic (exact) mass is 295 g/mol. The van der Waals surface area contributed by atoms with Crippen LogP contribution in [0.1, 0.15) is 16.4 Å². The Morgan fingerprint density at radius 3 is 2.14 bits per heavy atom. The average Bonchev–Trinajstić information content (AvgIpc) is 2.54. The van der Waals surface area contributed by atoms with E-state index in [9.17, 15) is 10.1 Å². The summed E-state index contributed by atoms with van der Waals surface area (Å²) in [7, 11) is 0. The zero-order chi connectivity index (χ0) is 14.8. The Bertz CT molecular complexity index is 799. The molecule has 1 atom stereocenters. The SMILES string of the molecule is O=[N+]([O-])c1ccc(C(S)c2ccc3ccccc3c2)cc1. The van der Waals surface area contributed by atoms with Gasteiger partial charge in [-0.2, -0.15) is 12.6 Å². The highest BCUT2D eigenvalue weighted by molar-refractivity contribution is 7.80. The summed E-state index contributed by atoms with van der Waals surface area (Å²) >= 11 is 4.65. The van der Waals surface area contributed by atoms with Crippen molar-refractivity contribution in [3.8, 4) is 0 Å². The van der Waals surface area contributed by atoms with E-state index in [-0.39, 0.29) is 10.9 Å². The number of hydrogen-bond donors (Lipinski definition) is 1. The summed E-state index contributed by atoms with van der Waals surface area (Å²) in [5, 5.41) is 12.9. The van der Waals surface area contributed by atoms with Gasteiger partial charge in [0.2, 0.25) is 0 Å². The molecule has 3 nitrogen and oxygen atoms in total. The van der Waals surface area contributed by atoms with Gasteiger partial charge in [0.25, 0.3) is 5.69 Å². The fourth-order valence-electron chi connectivity index (χ4n) is 2.35. The topological polar surface area (TPSA) is 43.1 Å². The Labute approximate surface area is 127 Å². The van der Waals surface area contributed by atoms with Crippen LogP contribution < -0.4 is 0 Å². The van der Waals surface area contributed by atoms with Crippen LogP contribution in [0.15, 0.2) is 66.7 Å². The third-order valence-electron chi connectivity index (χ3n) is 3.51. The highest BCUT2D eigenvalue weighted by Gasteiger charge is 2.12. The number of benzene rings is 3. The molecule has 0 saturated carbocycles. The number of non-ortho nitro benzene ring substituents is 1. The van der Waals surface area contributed by atoms with Crippen molar-refractivity contribution in [1.82, 2.24) is 0 Å². The zero-order valence-corrected chi connectivity index (χ0v) is 12.0. The lowest BCUT2D eigenvalue weighted by Crippen LogP contribution is -1.94. The summed E-state index contributed by atoms with van der Waals surface area (Å²) in [5.41, 5.74) is 2.11. The lowest BCUT2D eigenvalue weighted by molar-refractivity contribution is -0.384. The van der Waals surface area contributed by atoms with E-state index in [2.05, 4.69) is 36.9 Å². The van der Waals surface area contributed by atoms with Gasteiger partial charge < -0.3 is 0 Å². The second-order valence-corrected chi connectivity index (χ2v) is 5.37. The van der Waals surface area contributed by atoms with Crippen LogP contribution in [0.2, 0.25) is 0 Å². The molecule has 21 heavy (non-hydrogen) atoms. The zero-order valence-electron chi connectivity index (χ0n) is 11.1. The molecule has 0 amide bonds. The third-order valence-corrected chi connectivity index (χ3v) is 4.11. The predicted molar refractivity (Wildman–Crippen MR) is 87.9 cm³/mol. The van der Waals surface area contributed by atoms with Gasteiger partial charge in [0.15, 0.2) is 0 Å². The third kappa shape index (κ3) is 2.76. The van der Waals surface area contributed by atoms with E-state index in [1.807, 2.05) is 18.2 Å². The van der Waals surface area contributed by atoms with Crippen molar-refractivity contribution in [2.75, 3.05) is 0 Å². The van der Waals surface area contributed by atoms with E-state index >= 15 is 0 Å². The normalized spacial score (nSPS) is 12.2. The van der Waals surface area contributed by atoms with Gasteiger partial charge in [0, 0.05) is 12.1 Å². The van der Waals surface area contributed by atoms with E-state index in [4.69, 9.17) is 0 Å². The highest BCUT2D eigenvalue weighted by Crippen LogP contribution is 2.31. The first-order chi connectivity index (χ1) is 10.1. The standard InChI is InChI=1S/C17H13NO2S/c19-18(20)16-9-7-13(8-10-16)17(21)15-6-5-12-3-1-2-4-14(12)11-15/h1-11,17,21H. The van der Waals surface area contributed by atoms with Gasteiger partial charge in [-0.3, -0.25) is 10.1 Å². The van der Waals surface area contributed by atoms with E-state index in [0.717, 1.165) is 16.5 Å². The summed E-state index contributed by atoms with van der Waals surface area (Å²) in [6.07, 6.45) is 0. The number of nitro benzene ring substituents is 1. The lowest BCUT2D eigenvalue weighted by Gasteiger charge is -2.12. The van der Waals surface area contributed by atoms with Gasteiger partial charge in [0.05, 0.1) is 10.2 Å². The molecule has 0 aliphatic heterocycles. The smallest absolute Gasteiger partial charge is 0.258 e. The van der Waals surface area contributed by atoms with E-state index in [0.29, 0.717) is 0 Å². The molecule has 0 aliphatic carbocycles. The van der Waals surface area contributed by atoms with Crippen LogP contribution in [0.5, 0.6) is 0 Å². The van der Waals surface area contributed by atoms with Crippen molar-refractivity contribution in [2.24, 2.45) is 0 Å². The lowest BCUT2D eigenvalue weighted by atomic mass is 10.0. The molecule has 0 aromatic heterocycles. The quantitative estimate of drug-likeness (QED) is 0.430. The molecule has 0 aliphatic rings. The molecule has 0 saturated heterocycles. The maximum absolute atomic E-state index is 10.7. The van der Waals surface area contributed by atoms with Crippen LogP contribution in [0, 0.1) is 10.1 Å². The average molecular weight is 295 g/mol. The Hall–Kier alpha value is -2.33. The summed E-state index contributed by atoms with van der Waals surface area (Å²) < 4.78 is 0. The van der Waals surface area contributed by atoms with Gasteiger partial charge in [-0.05, 0) is 28.0 Å². The van der Waals surface area contributed by atoms with Gasteiger partial charge >= 0.3 is 0 Å². The van der Waals surface area contributed by atoms with E-state index in [1.165, 1.54) is 17.5 Å². The molecule has 0 fully saturated rings. The van der Waals surface area contributed by atoms with Gasteiger partial charge in [0.1, 0.15) is 0 Å². The number of hydrogen-bond acceptors (Lipinski definition) is 3. The first kappa shape index (κ1) is 13.6. The molecular formula is C17H13NO2S. The van der Waals surface area contributed by atoms with Crippen molar-refractivity contribution >= 4 is 29.1 Å². The second-order valence-electron chi connectivity index (χ2n) is 4.86. The number of fused-ring (bicyclic) bond motifs is 1. The maximum atomic E-state index is 10.7. The van der Waals surface area contributed by atoms with Gasteiger partial charge in [-0.15, -0.1) is 0 Å². The first-order valence-electron chi connectivity index (χ1n) is 6.56. The number of nitro groups is 1. The molecule has 0 bridgehead atoms. The van der Waals surface area contributed by atoms with Crippen molar-refractivity contribution < 1.29 is 4.92 Å². The molecule has 3 rings (SSSR count). The van der Waals surface area contributed by atoms with Crippen molar-refractivity contribution in [3.63, 3.8) is 0 Å². The van der Waals surface area contributed by atoms with E-state index < -0.39 is 4.92 Å². The van der Waals surface area contributed by atoms with Crippen LogP contribution in [0.25, 0.3) is 10.8 Å². The molecule has 3 aromatic rings. The molecule has 0 radical (unpaired) electrons. The fourth-order valence-corrected chi connectivity index (χ4v) is 2.68. The molecule has 1 unspecified atom stereocenters. The van der Waals surface area contributed by atoms with Gasteiger partial charge in [-0.25, -0.2) is 0 Å². The Morgan fingerprint density at radius 1 is 0.857 bits per heavy atom. The molecule has 0 N–H and O–H groups in total. The summed E-state index contributed by atoms with van der Waals surface area (Å²) in [5.74, 6) is 0. The minimum atomic E-state index is -0.396. The summed E-state index contributed by atoms with van der Waals surface area (Å²) in [4.78, 5) is 10.3. The van der Waals surface area contributed by atoms with Crippen LogP contribution >= 0.6 is 12.6 Å². The van der Waals surface area contributed by atoms with Crippen LogP contribution in [-0.4, -0.2) is 4.92 Å². The molecular weight excluding hydrogens is 282 g/mol. The molecule has 0 heterocycles. The molecule has 104 valence electrons. The minimum Gasteiger partial charge on any atom is -0.258 e. The van der Waals surface area contributed by atoms with Crippen molar-refractivity contribution in [2.45, 2.75) is 5.25 Å². The largest absolute Gasteiger partial charge is 0.269 e. The van der Waals surface area contributed by atoms with Crippen molar-refractivity contribution in [1.29, 1.82) is 0 Å². The molecule has 3 aromatic carbocycles. The van der Waals surface area contributed by atoms with Crippen molar-refractivity contribution in [3.05, 3.63) is 88.0 Å². The predicted octanol–water partition coefficient (Wildman–Crippen LogP) is 4.77. The fraction of sp³-hybridized carbons (Fsp3) is 0.0588. The Morgan fingerprint density at radius 2 is 1.48 bits per heavy atom. The second kappa shape index (κ2) is 5.58. The van der Waals surface area contributed by atoms with Crippen LogP contribution in [-0.2, 0) is 0 Å². The number of nitrogens with zero attached hydrogens (tertiary/aromatic N) is 1. The first-order valence-corrected chi connectivity index (χ1v) is 7.08. The van der Waals surface area contributed by atoms with E-state index in [1.54, 1.807) is 12.1 Å². The summed E-state index contributed by atoms with van der Waals surface area (Å²) in [6.45, 7) is 0. The van der Waals surface area contributed by atoms with Crippen LogP contribution in [0.3, 0.4) is 0 Å². The van der Waals surface area contributed by atoms with Gasteiger partial charge in [-0.1, -0.05) is 48.5 Å².